The van der Waals surface area contributed by atoms with Crippen molar-refractivity contribution in [1.82, 2.24) is 19.6 Å². The Kier molecular flexibility index (Phi) is 3.96. The first-order chi connectivity index (χ1) is 10.5. The second kappa shape index (κ2) is 5.77. The van der Waals surface area contributed by atoms with Gasteiger partial charge in [-0.25, -0.2) is 13.3 Å². The van der Waals surface area contributed by atoms with Crippen LogP contribution in [0.3, 0.4) is 0 Å². The van der Waals surface area contributed by atoms with E-state index in [4.69, 9.17) is 11.6 Å². The molecule has 0 spiro atoms. The zero-order valence-corrected chi connectivity index (χ0v) is 13.6. The molecule has 0 aliphatic carbocycles. The molecule has 0 saturated carbocycles. The van der Waals surface area contributed by atoms with Crippen molar-refractivity contribution in [2.45, 2.75) is 13.5 Å². The molecule has 0 bridgehead atoms. The van der Waals surface area contributed by atoms with Crippen LogP contribution in [0, 0.1) is 18.6 Å². The lowest BCUT2D eigenvalue weighted by molar-refractivity contribution is 0.550. The van der Waals surface area contributed by atoms with Crippen LogP contribution in [-0.4, -0.2) is 19.6 Å². The molecule has 3 rings (SSSR count). The molecule has 1 N–H and O–H groups in total. The van der Waals surface area contributed by atoms with Gasteiger partial charge in [0.1, 0.15) is 17.2 Å². The first-order valence-electron chi connectivity index (χ1n) is 6.20. The number of fused-ring (bicyclic) bond motifs is 1. The van der Waals surface area contributed by atoms with Crippen molar-refractivity contribution in [2.75, 3.05) is 5.32 Å². The maximum absolute atomic E-state index is 13.6. The molecule has 0 unspecified atom stereocenters. The Balaban J connectivity index is 2.01. The van der Waals surface area contributed by atoms with Crippen LogP contribution in [0.15, 0.2) is 23.1 Å². The van der Waals surface area contributed by atoms with Crippen molar-refractivity contribution in [3.05, 3.63) is 51.1 Å². The molecular weight excluding hydrogens is 380 g/mol. The Morgan fingerprint density at radius 1 is 1.32 bits per heavy atom. The van der Waals surface area contributed by atoms with Gasteiger partial charge in [-0.3, -0.25) is 4.98 Å². The summed E-state index contributed by atoms with van der Waals surface area (Å²) in [4.78, 5) is 7.54. The lowest BCUT2D eigenvalue weighted by Crippen LogP contribution is -2.09. The molecule has 0 aromatic carbocycles. The van der Waals surface area contributed by atoms with Gasteiger partial charge < -0.3 is 5.32 Å². The first-order valence-corrected chi connectivity index (χ1v) is 7.37. The number of hydrogen-bond acceptors (Lipinski definition) is 4. The molecule has 0 amide bonds. The molecule has 0 aliphatic heterocycles. The molecule has 5 nitrogen and oxygen atoms in total. The van der Waals surface area contributed by atoms with Crippen molar-refractivity contribution in [1.29, 1.82) is 0 Å². The van der Waals surface area contributed by atoms with E-state index in [0.29, 0.717) is 11.3 Å². The van der Waals surface area contributed by atoms with Gasteiger partial charge in [0.25, 0.3) is 0 Å². The van der Waals surface area contributed by atoms with Gasteiger partial charge in [-0.1, -0.05) is 0 Å². The van der Waals surface area contributed by atoms with Crippen LogP contribution >= 0.6 is 27.5 Å². The summed E-state index contributed by atoms with van der Waals surface area (Å²) in [5, 5.41) is 6.97. The van der Waals surface area contributed by atoms with Crippen LogP contribution in [-0.2, 0) is 6.54 Å². The third kappa shape index (κ3) is 2.64. The summed E-state index contributed by atoms with van der Waals surface area (Å²) in [6, 6.07) is 0. The maximum Gasteiger partial charge on any atom is 0.243 e. The summed E-state index contributed by atoms with van der Waals surface area (Å²) in [6.45, 7) is 1.78. The molecule has 3 heterocycles. The Labute approximate surface area is 137 Å². The molecule has 3 aromatic rings. The molecule has 114 valence electrons. The van der Waals surface area contributed by atoms with E-state index in [1.165, 1.54) is 0 Å². The van der Waals surface area contributed by atoms with Crippen molar-refractivity contribution < 1.29 is 8.78 Å². The monoisotopic (exact) mass is 387 g/mol. The van der Waals surface area contributed by atoms with Gasteiger partial charge in [-0.05, 0) is 40.0 Å². The largest absolute Gasteiger partial charge is 0.364 e. The van der Waals surface area contributed by atoms with Gasteiger partial charge in [0.2, 0.25) is 5.28 Å². The minimum absolute atomic E-state index is 0.0215. The number of anilines is 1. The second-order valence-electron chi connectivity index (χ2n) is 4.56. The predicted octanol–water partition coefficient (Wildman–Crippen LogP) is 3.74. The smallest absolute Gasteiger partial charge is 0.243 e. The maximum atomic E-state index is 13.6. The topological polar surface area (TPSA) is 55.1 Å². The summed E-state index contributed by atoms with van der Waals surface area (Å²) < 4.78 is 29.6. The minimum Gasteiger partial charge on any atom is -0.364 e. The standard InChI is InChI=1S/C13H9BrClF2N5/c1-6-8(14)5-22-11(6)12(20-13(15)21-22)19-2-7-9(16)3-18-4-10(7)17/h3-5H,2H2,1H3,(H,19,20,21). The fourth-order valence-corrected chi connectivity index (χ4v) is 2.63. The number of aryl methyl sites for hydroxylation is 1. The average molecular weight is 389 g/mol. The normalized spacial score (nSPS) is 11.1. The average Bonchev–Trinajstić information content (AvgIpc) is 2.73. The van der Waals surface area contributed by atoms with Gasteiger partial charge in [-0.2, -0.15) is 4.98 Å². The molecule has 0 aliphatic rings. The summed E-state index contributed by atoms with van der Waals surface area (Å²) in [5.74, 6) is -1.06. The highest BCUT2D eigenvalue weighted by Crippen LogP contribution is 2.28. The van der Waals surface area contributed by atoms with E-state index in [9.17, 15) is 8.78 Å². The Morgan fingerprint density at radius 3 is 2.68 bits per heavy atom. The highest BCUT2D eigenvalue weighted by molar-refractivity contribution is 9.10. The van der Waals surface area contributed by atoms with Crippen LogP contribution in [0.1, 0.15) is 11.1 Å². The zero-order valence-electron chi connectivity index (χ0n) is 11.2. The minimum atomic E-state index is -0.725. The summed E-state index contributed by atoms with van der Waals surface area (Å²) in [7, 11) is 0. The van der Waals surface area contributed by atoms with E-state index >= 15 is 0 Å². The van der Waals surface area contributed by atoms with E-state index in [-0.39, 0.29) is 17.4 Å². The molecule has 0 saturated heterocycles. The zero-order chi connectivity index (χ0) is 15.9. The first kappa shape index (κ1) is 15.1. The molecule has 9 heteroatoms. The number of pyridine rings is 1. The highest BCUT2D eigenvalue weighted by Gasteiger charge is 2.15. The summed E-state index contributed by atoms with van der Waals surface area (Å²) >= 11 is 9.27. The van der Waals surface area contributed by atoms with Crippen LogP contribution in [0.25, 0.3) is 5.52 Å². The SMILES string of the molecule is Cc1c(Br)cn2nc(Cl)nc(NCc3c(F)cncc3F)c12. The number of hydrogen-bond donors (Lipinski definition) is 1. The molecule has 3 aromatic heterocycles. The molecule has 0 atom stereocenters. The van der Waals surface area contributed by atoms with Crippen LogP contribution in [0.4, 0.5) is 14.6 Å². The van der Waals surface area contributed by atoms with E-state index in [1.54, 1.807) is 10.7 Å². The Morgan fingerprint density at radius 2 is 2.00 bits per heavy atom. The lowest BCUT2D eigenvalue weighted by Gasteiger charge is -2.09. The number of nitrogens with zero attached hydrogens (tertiary/aromatic N) is 4. The van der Waals surface area contributed by atoms with Crippen LogP contribution in [0.5, 0.6) is 0 Å². The fraction of sp³-hybridized carbons (Fsp3) is 0.154. The number of aromatic nitrogens is 4. The summed E-state index contributed by atoms with van der Waals surface area (Å²) in [6.07, 6.45) is 3.65. The number of halogens is 4. The quantitative estimate of drug-likeness (QED) is 0.743. The Bertz CT molecular complexity index is 847. The van der Waals surface area contributed by atoms with Gasteiger partial charge in [0.05, 0.1) is 12.4 Å². The van der Waals surface area contributed by atoms with Gasteiger partial charge in [0.15, 0.2) is 5.82 Å². The number of nitrogens with one attached hydrogen (secondary N) is 1. The van der Waals surface area contributed by atoms with Gasteiger partial charge in [0, 0.05) is 22.8 Å². The Hall–Kier alpha value is -1.80. The number of rotatable bonds is 3. The van der Waals surface area contributed by atoms with E-state index in [1.807, 2.05) is 6.92 Å². The third-order valence-corrected chi connectivity index (χ3v) is 4.14. The van der Waals surface area contributed by atoms with Crippen molar-refractivity contribution in [3.8, 4) is 0 Å². The van der Waals surface area contributed by atoms with E-state index in [0.717, 1.165) is 22.4 Å². The van der Waals surface area contributed by atoms with E-state index < -0.39 is 11.6 Å². The second-order valence-corrected chi connectivity index (χ2v) is 5.75. The van der Waals surface area contributed by atoms with Crippen molar-refractivity contribution in [3.63, 3.8) is 0 Å². The molecule has 0 fully saturated rings. The predicted molar refractivity (Wildman–Crippen MR) is 81.9 cm³/mol. The lowest BCUT2D eigenvalue weighted by atomic mass is 10.2. The van der Waals surface area contributed by atoms with Crippen molar-refractivity contribution >= 4 is 38.9 Å². The third-order valence-electron chi connectivity index (χ3n) is 3.18. The van der Waals surface area contributed by atoms with Gasteiger partial charge in [-0.15, -0.1) is 5.10 Å². The van der Waals surface area contributed by atoms with Crippen LogP contribution < -0.4 is 5.32 Å². The fourth-order valence-electron chi connectivity index (χ4n) is 2.08. The van der Waals surface area contributed by atoms with E-state index in [2.05, 4.69) is 36.3 Å². The summed E-state index contributed by atoms with van der Waals surface area (Å²) in [5.41, 5.74) is 1.44. The molecule has 0 radical (unpaired) electrons. The molecular formula is C13H9BrClF2N5. The van der Waals surface area contributed by atoms with Crippen LogP contribution in [0.2, 0.25) is 5.28 Å². The van der Waals surface area contributed by atoms with Gasteiger partial charge >= 0.3 is 0 Å². The highest BCUT2D eigenvalue weighted by atomic mass is 79.9. The molecule has 22 heavy (non-hydrogen) atoms. The van der Waals surface area contributed by atoms with Crippen molar-refractivity contribution in [2.24, 2.45) is 0 Å².